The van der Waals surface area contributed by atoms with Gasteiger partial charge in [0.05, 0.1) is 11.2 Å². The molecule has 2 heterocycles. The molecule has 0 atom stereocenters. The normalized spacial score (nSPS) is 13.2. The van der Waals surface area contributed by atoms with Gasteiger partial charge in [-0.2, -0.15) is 5.10 Å². The van der Waals surface area contributed by atoms with Crippen LogP contribution in [-0.4, -0.2) is 9.61 Å². The molecule has 0 radical (unpaired) electrons. The zero-order valence-corrected chi connectivity index (χ0v) is 14.5. The molecule has 2 rings (SSSR count). The van der Waals surface area contributed by atoms with Crippen LogP contribution in [0.4, 0.5) is 0 Å². The van der Waals surface area contributed by atoms with Gasteiger partial charge in [-0.25, -0.2) is 4.52 Å². The van der Waals surface area contributed by atoms with Gasteiger partial charge in [-0.3, -0.25) is 0 Å². The predicted octanol–water partition coefficient (Wildman–Crippen LogP) is 4.85. The Kier molecular flexibility index (Phi) is 3.27. The molecule has 0 aromatic carbocycles. The summed E-state index contributed by atoms with van der Waals surface area (Å²) in [7, 11) is 0. The van der Waals surface area contributed by atoms with E-state index in [-0.39, 0.29) is 10.8 Å². The minimum absolute atomic E-state index is 0.0840. The maximum absolute atomic E-state index is 4.85. The molecule has 0 saturated carbocycles. The minimum Gasteiger partial charge on any atom is -0.237 e. The molecule has 0 aliphatic carbocycles. The first-order chi connectivity index (χ1) is 8.94. The lowest BCUT2D eigenvalue weighted by molar-refractivity contribution is 0.559. The Balaban J connectivity index is 2.89. The van der Waals surface area contributed by atoms with Gasteiger partial charge in [0.15, 0.2) is 0 Å². The van der Waals surface area contributed by atoms with Crippen LogP contribution >= 0.6 is 0 Å². The highest BCUT2D eigenvalue weighted by molar-refractivity contribution is 5.63. The molecule has 2 nitrogen and oxygen atoms in total. The van der Waals surface area contributed by atoms with Crippen LogP contribution in [0.2, 0.25) is 0 Å². The molecular weight excluding hydrogens is 244 g/mol. The molecule has 0 aliphatic heterocycles. The van der Waals surface area contributed by atoms with E-state index in [2.05, 4.69) is 72.9 Å². The van der Waals surface area contributed by atoms with Crippen molar-refractivity contribution in [2.45, 2.75) is 73.1 Å². The van der Waals surface area contributed by atoms with Gasteiger partial charge >= 0.3 is 0 Å². The van der Waals surface area contributed by atoms with Crippen molar-refractivity contribution in [2.75, 3.05) is 0 Å². The molecule has 0 fully saturated rings. The van der Waals surface area contributed by atoms with E-state index >= 15 is 0 Å². The number of pyridine rings is 1. The Hall–Kier alpha value is -1.31. The molecule has 0 unspecified atom stereocenters. The van der Waals surface area contributed by atoms with Crippen molar-refractivity contribution in [1.29, 1.82) is 0 Å². The van der Waals surface area contributed by atoms with E-state index in [1.165, 1.54) is 27.9 Å². The average molecular weight is 272 g/mol. The van der Waals surface area contributed by atoms with Gasteiger partial charge < -0.3 is 0 Å². The minimum atomic E-state index is 0.0840. The maximum Gasteiger partial charge on any atom is 0.0700 e. The molecule has 2 aromatic heterocycles. The van der Waals surface area contributed by atoms with Crippen molar-refractivity contribution in [3.8, 4) is 0 Å². The van der Waals surface area contributed by atoms with Crippen molar-refractivity contribution in [1.82, 2.24) is 9.61 Å². The molecule has 0 N–H and O–H groups in total. The van der Waals surface area contributed by atoms with Gasteiger partial charge in [0.2, 0.25) is 0 Å². The average Bonchev–Trinajstić information content (AvgIpc) is 2.69. The smallest absolute Gasteiger partial charge is 0.0700 e. The summed E-state index contributed by atoms with van der Waals surface area (Å²) < 4.78 is 2.13. The summed E-state index contributed by atoms with van der Waals surface area (Å²) in [6, 6.07) is 2.26. The summed E-state index contributed by atoms with van der Waals surface area (Å²) in [5.74, 6) is 0. The van der Waals surface area contributed by atoms with Crippen LogP contribution in [-0.2, 0) is 10.8 Å². The quantitative estimate of drug-likeness (QED) is 0.670. The van der Waals surface area contributed by atoms with Gasteiger partial charge in [-0.1, -0.05) is 41.5 Å². The first-order valence-corrected chi connectivity index (χ1v) is 7.45. The topological polar surface area (TPSA) is 17.3 Å². The van der Waals surface area contributed by atoms with E-state index in [0.717, 1.165) is 5.69 Å². The van der Waals surface area contributed by atoms with E-state index in [1.54, 1.807) is 0 Å². The lowest BCUT2D eigenvalue weighted by Crippen LogP contribution is -2.18. The molecule has 0 saturated heterocycles. The summed E-state index contributed by atoms with van der Waals surface area (Å²) in [6.45, 7) is 20.2. The first kappa shape index (κ1) is 15.1. The number of hydrogen-bond acceptors (Lipinski definition) is 1. The highest BCUT2D eigenvalue weighted by Crippen LogP contribution is 2.34. The fraction of sp³-hybridized carbons (Fsp3) is 0.611. The standard InChI is InChI=1S/C18H28N2/c1-11-13(3)20-14(10-15(19-20)17(4,5)6)12(2)16(11)18(7,8)9/h10H,1-9H3. The van der Waals surface area contributed by atoms with Crippen LogP contribution in [0, 0.1) is 20.8 Å². The summed E-state index contributed by atoms with van der Waals surface area (Å²) in [6.07, 6.45) is 0. The Morgan fingerprint density at radius 1 is 0.850 bits per heavy atom. The van der Waals surface area contributed by atoms with E-state index in [1.807, 2.05) is 0 Å². The second kappa shape index (κ2) is 4.34. The van der Waals surface area contributed by atoms with Crippen molar-refractivity contribution in [2.24, 2.45) is 0 Å². The van der Waals surface area contributed by atoms with E-state index in [4.69, 9.17) is 5.10 Å². The molecule has 2 aromatic rings. The number of aryl methyl sites for hydroxylation is 2. The Morgan fingerprint density at radius 2 is 1.40 bits per heavy atom. The molecular formula is C18H28N2. The number of nitrogens with zero attached hydrogens (tertiary/aromatic N) is 2. The summed E-state index contributed by atoms with van der Waals surface area (Å²) in [5.41, 5.74) is 8.11. The van der Waals surface area contributed by atoms with E-state index in [0.29, 0.717) is 0 Å². The Bertz CT molecular complexity index is 661. The summed E-state index contributed by atoms with van der Waals surface area (Å²) in [5, 5.41) is 4.85. The second-order valence-corrected chi connectivity index (χ2v) is 8.04. The van der Waals surface area contributed by atoms with Crippen molar-refractivity contribution in [3.05, 3.63) is 34.1 Å². The molecule has 20 heavy (non-hydrogen) atoms. The maximum atomic E-state index is 4.85. The van der Waals surface area contributed by atoms with Gasteiger partial charge in [0.25, 0.3) is 0 Å². The highest BCUT2D eigenvalue weighted by atomic mass is 15.2. The van der Waals surface area contributed by atoms with Gasteiger partial charge in [-0.15, -0.1) is 0 Å². The monoisotopic (exact) mass is 272 g/mol. The molecule has 0 aliphatic rings. The molecule has 2 heteroatoms. The Morgan fingerprint density at radius 3 is 1.85 bits per heavy atom. The number of fused-ring (bicyclic) bond motifs is 1. The number of rotatable bonds is 0. The first-order valence-electron chi connectivity index (χ1n) is 7.45. The van der Waals surface area contributed by atoms with Gasteiger partial charge in [0.1, 0.15) is 0 Å². The van der Waals surface area contributed by atoms with Crippen LogP contribution in [0.5, 0.6) is 0 Å². The number of hydrogen-bond donors (Lipinski definition) is 0. The Labute approximate surface area is 123 Å². The fourth-order valence-corrected chi connectivity index (χ4v) is 3.14. The van der Waals surface area contributed by atoms with Gasteiger partial charge in [-0.05, 0) is 48.9 Å². The van der Waals surface area contributed by atoms with Crippen LogP contribution < -0.4 is 0 Å². The predicted molar refractivity (Wildman–Crippen MR) is 86.8 cm³/mol. The zero-order chi connectivity index (χ0) is 15.5. The second-order valence-electron chi connectivity index (χ2n) is 8.04. The zero-order valence-electron chi connectivity index (χ0n) is 14.5. The van der Waals surface area contributed by atoms with E-state index < -0.39 is 0 Å². The third-order valence-electron chi connectivity index (χ3n) is 4.22. The highest BCUT2D eigenvalue weighted by Gasteiger charge is 2.25. The largest absolute Gasteiger partial charge is 0.237 e. The van der Waals surface area contributed by atoms with Crippen molar-refractivity contribution < 1.29 is 0 Å². The molecule has 0 spiro atoms. The third-order valence-corrected chi connectivity index (χ3v) is 4.22. The van der Waals surface area contributed by atoms with Gasteiger partial charge in [0, 0.05) is 11.1 Å². The molecule has 0 bridgehead atoms. The molecule has 0 amide bonds. The number of aromatic nitrogens is 2. The van der Waals surface area contributed by atoms with Crippen LogP contribution in [0.25, 0.3) is 5.52 Å². The van der Waals surface area contributed by atoms with Crippen molar-refractivity contribution in [3.63, 3.8) is 0 Å². The van der Waals surface area contributed by atoms with Crippen LogP contribution in [0.15, 0.2) is 6.07 Å². The van der Waals surface area contributed by atoms with Crippen LogP contribution in [0.1, 0.15) is 69.6 Å². The van der Waals surface area contributed by atoms with Crippen LogP contribution in [0.3, 0.4) is 0 Å². The fourth-order valence-electron chi connectivity index (χ4n) is 3.14. The van der Waals surface area contributed by atoms with E-state index in [9.17, 15) is 0 Å². The lowest BCUT2D eigenvalue weighted by Gasteiger charge is -2.26. The SMILES string of the molecule is Cc1c(C(C)(C)C)c(C)c2cc(C(C)(C)C)nn2c1C. The third kappa shape index (κ3) is 2.25. The van der Waals surface area contributed by atoms with Crippen molar-refractivity contribution >= 4 is 5.52 Å². The molecule has 110 valence electrons. The summed E-state index contributed by atoms with van der Waals surface area (Å²) >= 11 is 0. The summed E-state index contributed by atoms with van der Waals surface area (Å²) in [4.78, 5) is 0. The lowest BCUT2D eigenvalue weighted by atomic mass is 9.80.